The standard InChI is InChI=1S/C21H25NO3S2/c1-15-7-9-16(10-8-15)18(11-12-25-27(3,23)24)20-13-22-21-17(14-26-2)5-4-6-19(20)21/h4-10,13,18,22H,11-12,14H2,1-3H3. The molecule has 3 aromatic rings. The van der Waals surface area contributed by atoms with E-state index in [1.165, 1.54) is 22.1 Å². The summed E-state index contributed by atoms with van der Waals surface area (Å²) in [5.74, 6) is 1.01. The van der Waals surface area contributed by atoms with Gasteiger partial charge in [0.05, 0.1) is 12.9 Å². The summed E-state index contributed by atoms with van der Waals surface area (Å²) in [5.41, 5.74) is 5.97. The fourth-order valence-electron chi connectivity index (χ4n) is 3.42. The van der Waals surface area contributed by atoms with Crippen LogP contribution in [-0.4, -0.2) is 32.5 Å². The van der Waals surface area contributed by atoms with Crippen molar-refractivity contribution >= 4 is 32.8 Å². The predicted octanol–water partition coefficient (Wildman–Crippen LogP) is 4.84. The molecule has 0 fully saturated rings. The van der Waals surface area contributed by atoms with Crippen molar-refractivity contribution in [1.29, 1.82) is 0 Å². The monoisotopic (exact) mass is 403 g/mol. The van der Waals surface area contributed by atoms with Gasteiger partial charge in [-0.25, -0.2) is 0 Å². The smallest absolute Gasteiger partial charge is 0.264 e. The van der Waals surface area contributed by atoms with Crippen molar-refractivity contribution in [2.45, 2.75) is 25.0 Å². The molecule has 1 heterocycles. The van der Waals surface area contributed by atoms with Crippen LogP contribution in [0.1, 0.15) is 34.6 Å². The second kappa shape index (κ2) is 8.50. The number of aromatic nitrogens is 1. The molecule has 0 aliphatic carbocycles. The Bertz CT molecular complexity index is 1010. The minimum atomic E-state index is -3.44. The lowest BCUT2D eigenvalue weighted by Gasteiger charge is -2.17. The van der Waals surface area contributed by atoms with Crippen molar-refractivity contribution in [1.82, 2.24) is 4.98 Å². The molecule has 3 rings (SSSR count). The van der Waals surface area contributed by atoms with Crippen LogP contribution < -0.4 is 0 Å². The molecule has 0 aliphatic heterocycles. The Kier molecular flexibility index (Phi) is 6.29. The highest BCUT2D eigenvalue weighted by Crippen LogP contribution is 2.35. The first kappa shape index (κ1) is 20.0. The van der Waals surface area contributed by atoms with Crippen molar-refractivity contribution in [3.8, 4) is 0 Å². The number of fused-ring (bicyclic) bond motifs is 1. The van der Waals surface area contributed by atoms with Gasteiger partial charge in [0.25, 0.3) is 10.1 Å². The van der Waals surface area contributed by atoms with Gasteiger partial charge in [0.15, 0.2) is 0 Å². The van der Waals surface area contributed by atoms with Crippen LogP contribution in [0.15, 0.2) is 48.7 Å². The number of H-pyrrole nitrogens is 1. The van der Waals surface area contributed by atoms with Crippen molar-refractivity contribution in [3.05, 3.63) is 70.9 Å². The van der Waals surface area contributed by atoms with Gasteiger partial charge >= 0.3 is 0 Å². The van der Waals surface area contributed by atoms with Crippen LogP contribution in [0.3, 0.4) is 0 Å². The molecule has 0 bridgehead atoms. The van der Waals surface area contributed by atoms with Crippen LogP contribution >= 0.6 is 11.8 Å². The molecule has 6 heteroatoms. The average molecular weight is 404 g/mol. The van der Waals surface area contributed by atoms with Crippen LogP contribution in [0.4, 0.5) is 0 Å². The highest BCUT2D eigenvalue weighted by atomic mass is 32.2. The Labute approximate surface area is 165 Å². The van der Waals surface area contributed by atoms with Gasteiger partial charge in [-0.1, -0.05) is 48.0 Å². The first-order valence-corrected chi connectivity index (χ1v) is 12.1. The molecule has 0 saturated heterocycles. The summed E-state index contributed by atoms with van der Waals surface area (Å²) in [6, 6.07) is 14.8. The molecule has 1 aromatic heterocycles. The summed E-state index contributed by atoms with van der Waals surface area (Å²) < 4.78 is 27.8. The van der Waals surface area contributed by atoms with Crippen molar-refractivity contribution in [2.75, 3.05) is 19.1 Å². The molecule has 1 atom stereocenters. The molecule has 0 aliphatic rings. The van der Waals surface area contributed by atoms with Crippen LogP contribution in [-0.2, 0) is 20.1 Å². The Morgan fingerprint density at radius 1 is 1.15 bits per heavy atom. The van der Waals surface area contributed by atoms with Crippen LogP contribution in [0.25, 0.3) is 10.9 Å². The summed E-state index contributed by atoms with van der Waals surface area (Å²) in [7, 11) is -3.44. The molecular weight excluding hydrogens is 378 g/mol. The number of hydrogen-bond acceptors (Lipinski definition) is 4. The minimum absolute atomic E-state index is 0.0608. The molecule has 1 unspecified atom stereocenters. The maximum Gasteiger partial charge on any atom is 0.264 e. The zero-order valence-electron chi connectivity index (χ0n) is 15.9. The molecule has 0 saturated carbocycles. The Balaban J connectivity index is 2.00. The molecule has 27 heavy (non-hydrogen) atoms. The lowest BCUT2D eigenvalue weighted by atomic mass is 9.88. The second-order valence-corrected chi connectivity index (χ2v) is 9.30. The maximum atomic E-state index is 11.4. The third kappa shape index (κ3) is 4.94. The predicted molar refractivity (Wildman–Crippen MR) is 114 cm³/mol. The fraction of sp³-hybridized carbons (Fsp3) is 0.333. The Hall–Kier alpha value is -1.76. The number of nitrogens with one attached hydrogen (secondary N) is 1. The van der Waals surface area contributed by atoms with E-state index < -0.39 is 10.1 Å². The van der Waals surface area contributed by atoms with E-state index in [0.717, 1.165) is 23.1 Å². The zero-order valence-corrected chi connectivity index (χ0v) is 17.5. The SMILES string of the molecule is CSCc1cccc2c(C(CCOS(C)(=O)=O)c3ccc(C)cc3)c[nH]c12. The van der Waals surface area contributed by atoms with Gasteiger partial charge in [0.1, 0.15) is 0 Å². The summed E-state index contributed by atoms with van der Waals surface area (Å²) in [4.78, 5) is 3.44. The number of aromatic amines is 1. The van der Waals surface area contributed by atoms with Crippen molar-refractivity contribution < 1.29 is 12.6 Å². The van der Waals surface area contributed by atoms with E-state index in [1.54, 1.807) is 11.8 Å². The lowest BCUT2D eigenvalue weighted by molar-refractivity contribution is 0.309. The zero-order chi connectivity index (χ0) is 19.4. The van der Waals surface area contributed by atoms with Crippen molar-refractivity contribution in [3.63, 3.8) is 0 Å². The average Bonchev–Trinajstić information content (AvgIpc) is 3.04. The number of benzene rings is 2. The van der Waals surface area contributed by atoms with E-state index in [-0.39, 0.29) is 12.5 Å². The number of hydrogen-bond donors (Lipinski definition) is 1. The fourth-order valence-corrected chi connectivity index (χ4v) is 4.37. The van der Waals surface area contributed by atoms with Gasteiger partial charge < -0.3 is 4.98 Å². The maximum absolute atomic E-state index is 11.4. The van der Waals surface area contributed by atoms with Gasteiger partial charge in [-0.2, -0.15) is 20.2 Å². The van der Waals surface area contributed by atoms with E-state index in [4.69, 9.17) is 4.18 Å². The summed E-state index contributed by atoms with van der Waals surface area (Å²) in [6.45, 7) is 2.22. The van der Waals surface area contributed by atoms with Crippen molar-refractivity contribution in [2.24, 2.45) is 0 Å². The summed E-state index contributed by atoms with van der Waals surface area (Å²) in [5, 5.41) is 1.19. The van der Waals surface area contributed by atoms with E-state index in [9.17, 15) is 8.42 Å². The van der Waals surface area contributed by atoms with Crippen LogP contribution in [0.2, 0.25) is 0 Å². The molecule has 4 nitrogen and oxygen atoms in total. The highest BCUT2D eigenvalue weighted by Gasteiger charge is 2.20. The second-order valence-electron chi connectivity index (χ2n) is 6.79. The lowest BCUT2D eigenvalue weighted by Crippen LogP contribution is -2.09. The number of para-hydroxylation sites is 1. The van der Waals surface area contributed by atoms with Crippen LogP contribution in [0, 0.1) is 6.92 Å². The molecular formula is C21H25NO3S2. The van der Waals surface area contributed by atoms with E-state index in [1.807, 2.05) is 0 Å². The molecule has 1 N–H and O–H groups in total. The summed E-state index contributed by atoms with van der Waals surface area (Å²) >= 11 is 1.80. The molecule has 0 spiro atoms. The quantitative estimate of drug-likeness (QED) is 0.547. The topological polar surface area (TPSA) is 59.2 Å². The first-order valence-electron chi connectivity index (χ1n) is 8.88. The van der Waals surface area contributed by atoms with Gasteiger partial charge in [0, 0.05) is 28.8 Å². The molecule has 0 radical (unpaired) electrons. The van der Waals surface area contributed by atoms with Gasteiger partial charge in [-0.3, -0.25) is 4.18 Å². The number of thioether (sulfide) groups is 1. The Morgan fingerprint density at radius 3 is 2.56 bits per heavy atom. The first-order chi connectivity index (χ1) is 12.9. The van der Waals surface area contributed by atoms with E-state index >= 15 is 0 Å². The minimum Gasteiger partial charge on any atom is -0.361 e. The van der Waals surface area contributed by atoms with Gasteiger partial charge in [0.2, 0.25) is 0 Å². The number of aryl methyl sites for hydroxylation is 1. The molecule has 2 aromatic carbocycles. The van der Waals surface area contributed by atoms with E-state index in [0.29, 0.717) is 6.42 Å². The largest absolute Gasteiger partial charge is 0.361 e. The van der Waals surface area contributed by atoms with Gasteiger partial charge in [-0.05, 0) is 36.3 Å². The number of rotatable bonds is 8. The third-order valence-corrected chi connectivity index (χ3v) is 5.89. The summed E-state index contributed by atoms with van der Waals surface area (Å²) in [6.07, 6.45) is 5.84. The van der Waals surface area contributed by atoms with Crippen LogP contribution in [0.5, 0.6) is 0 Å². The Morgan fingerprint density at radius 2 is 1.89 bits per heavy atom. The third-order valence-electron chi connectivity index (χ3n) is 4.69. The normalized spacial score (nSPS) is 13.1. The highest BCUT2D eigenvalue weighted by molar-refractivity contribution is 7.97. The van der Waals surface area contributed by atoms with Gasteiger partial charge in [-0.15, -0.1) is 0 Å². The van der Waals surface area contributed by atoms with E-state index in [2.05, 4.69) is 66.8 Å². The molecule has 0 amide bonds. The molecule has 144 valence electrons.